The van der Waals surface area contributed by atoms with Gasteiger partial charge in [0, 0.05) is 18.1 Å². The summed E-state index contributed by atoms with van der Waals surface area (Å²) in [4.78, 5) is 4.35. The summed E-state index contributed by atoms with van der Waals surface area (Å²) in [7, 11) is 0. The van der Waals surface area contributed by atoms with Gasteiger partial charge in [0.05, 0.1) is 10.0 Å². The first-order valence-electron chi connectivity index (χ1n) is 7.56. The summed E-state index contributed by atoms with van der Waals surface area (Å²) in [5, 5.41) is 8.33. The minimum Gasteiger partial charge on any atom is -0.424 e. The smallest absolute Gasteiger partial charge is 0.295 e. The molecule has 0 amide bonds. The van der Waals surface area contributed by atoms with Gasteiger partial charge >= 0.3 is 0 Å². The van der Waals surface area contributed by atoms with Crippen molar-refractivity contribution in [1.82, 2.24) is 10.3 Å². The number of anilines is 1. The van der Waals surface area contributed by atoms with Gasteiger partial charge in [0.15, 0.2) is 5.58 Å². The summed E-state index contributed by atoms with van der Waals surface area (Å²) in [6, 6.07) is 11.5. The fourth-order valence-electron chi connectivity index (χ4n) is 2.27. The van der Waals surface area contributed by atoms with Crippen LogP contribution in [0, 0.1) is 0 Å². The fourth-order valence-corrected chi connectivity index (χ4v) is 2.75. The Balaban J connectivity index is 1.39. The molecule has 126 valence electrons. The monoisotopic (exact) mass is 383 g/mol. The number of nitrogens with zero attached hydrogens (tertiary/aromatic N) is 1. The van der Waals surface area contributed by atoms with Crippen molar-refractivity contribution in [1.29, 1.82) is 0 Å². The molecule has 2 aromatic carbocycles. The topological polar surface area (TPSA) is 50.1 Å². The van der Waals surface area contributed by atoms with Crippen LogP contribution in [0.5, 0.6) is 0 Å². The Bertz CT molecular complexity index is 835. The number of halogens is 3. The van der Waals surface area contributed by atoms with Gasteiger partial charge in [-0.1, -0.05) is 40.9 Å². The Labute approximate surface area is 155 Å². The van der Waals surface area contributed by atoms with Crippen LogP contribution in [0.2, 0.25) is 15.1 Å². The maximum Gasteiger partial charge on any atom is 0.295 e. The molecule has 24 heavy (non-hydrogen) atoms. The highest BCUT2D eigenvalue weighted by Crippen LogP contribution is 2.23. The van der Waals surface area contributed by atoms with E-state index in [1.54, 1.807) is 12.1 Å². The first-order chi connectivity index (χ1) is 11.6. The van der Waals surface area contributed by atoms with Crippen molar-refractivity contribution in [3.63, 3.8) is 0 Å². The van der Waals surface area contributed by atoms with Crippen LogP contribution in [0.4, 0.5) is 6.01 Å². The maximum atomic E-state index is 5.99. The third-order valence-corrected chi connectivity index (χ3v) is 4.44. The van der Waals surface area contributed by atoms with E-state index in [4.69, 9.17) is 39.2 Å². The fraction of sp³-hybridized carbons (Fsp3) is 0.235. The highest BCUT2D eigenvalue weighted by molar-refractivity contribution is 6.42. The Morgan fingerprint density at radius 3 is 2.67 bits per heavy atom. The lowest BCUT2D eigenvalue weighted by Crippen LogP contribution is -2.17. The van der Waals surface area contributed by atoms with Gasteiger partial charge in [0.1, 0.15) is 5.52 Å². The van der Waals surface area contributed by atoms with Gasteiger partial charge in [-0.3, -0.25) is 0 Å². The van der Waals surface area contributed by atoms with Crippen LogP contribution in [0.25, 0.3) is 11.1 Å². The number of fused-ring (bicyclic) bond motifs is 1. The molecule has 0 bridgehead atoms. The van der Waals surface area contributed by atoms with Crippen molar-refractivity contribution in [2.75, 3.05) is 18.4 Å². The number of hydrogen-bond acceptors (Lipinski definition) is 4. The van der Waals surface area contributed by atoms with Crippen LogP contribution in [0.1, 0.15) is 12.0 Å². The van der Waals surface area contributed by atoms with E-state index in [2.05, 4.69) is 15.6 Å². The molecule has 0 saturated carbocycles. The molecule has 3 aromatic rings. The molecule has 0 atom stereocenters. The van der Waals surface area contributed by atoms with Crippen molar-refractivity contribution in [3.8, 4) is 0 Å². The Hall–Kier alpha value is -1.46. The zero-order valence-corrected chi connectivity index (χ0v) is 15.0. The van der Waals surface area contributed by atoms with Crippen LogP contribution in [0.3, 0.4) is 0 Å². The zero-order chi connectivity index (χ0) is 16.9. The standard InChI is InChI=1S/C17H16Cl3N3O/c18-12-3-5-16-15(9-12)23-17(24-16)22-7-1-6-21-10-11-2-4-13(19)14(20)8-11/h2-5,8-9,21H,1,6-7,10H2,(H,22,23). The van der Waals surface area contributed by atoms with Crippen molar-refractivity contribution >= 4 is 51.9 Å². The Kier molecular flexibility index (Phi) is 5.85. The third kappa shape index (κ3) is 4.54. The first kappa shape index (κ1) is 17.4. The lowest BCUT2D eigenvalue weighted by Gasteiger charge is -2.06. The van der Waals surface area contributed by atoms with E-state index in [0.29, 0.717) is 21.1 Å². The van der Waals surface area contributed by atoms with Gasteiger partial charge in [0.25, 0.3) is 6.01 Å². The Morgan fingerprint density at radius 1 is 0.958 bits per heavy atom. The molecule has 0 saturated heterocycles. The van der Waals surface area contributed by atoms with E-state index in [1.807, 2.05) is 24.3 Å². The number of aromatic nitrogens is 1. The largest absolute Gasteiger partial charge is 0.424 e. The quantitative estimate of drug-likeness (QED) is 0.537. The van der Waals surface area contributed by atoms with Crippen molar-refractivity contribution < 1.29 is 4.42 Å². The van der Waals surface area contributed by atoms with Crippen LogP contribution in [-0.2, 0) is 6.54 Å². The normalized spacial score (nSPS) is 11.1. The van der Waals surface area contributed by atoms with Gasteiger partial charge in [-0.25, -0.2) is 0 Å². The molecule has 1 heterocycles. The summed E-state index contributed by atoms with van der Waals surface area (Å²) in [6.07, 6.45) is 0.931. The molecule has 0 unspecified atom stereocenters. The van der Waals surface area contributed by atoms with Gasteiger partial charge in [-0.15, -0.1) is 0 Å². The van der Waals surface area contributed by atoms with Gasteiger partial charge in [0.2, 0.25) is 0 Å². The van der Waals surface area contributed by atoms with E-state index < -0.39 is 0 Å². The van der Waals surface area contributed by atoms with Gasteiger partial charge in [-0.05, 0) is 48.9 Å². The molecule has 1 aromatic heterocycles. The number of benzene rings is 2. The van der Waals surface area contributed by atoms with E-state index >= 15 is 0 Å². The number of hydrogen-bond donors (Lipinski definition) is 2. The lowest BCUT2D eigenvalue weighted by atomic mass is 10.2. The predicted octanol–water partition coefficient (Wildman–Crippen LogP) is 5.38. The first-order valence-corrected chi connectivity index (χ1v) is 8.70. The number of nitrogens with one attached hydrogen (secondary N) is 2. The van der Waals surface area contributed by atoms with E-state index in [-0.39, 0.29) is 0 Å². The van der Waals surface area contributed by atoms with Crippen molar-refractivity contribution in [3.05, 3.63) is 57.0 Å². The summed E-state index contributed by atoms with van der Waals surface area (Å²) >= 11 is 17.8. The lowest BCUT2D eigenvalue weighted by molar-refractivity contribution is 0.605. The van der Waals surface area contributed by atoms with Crippen molar-refractivity contribution in [2.24, 2.45) is 0 Å². The van der Waals surface area contributed by atoms with Crippen LogP contribution in [-0.4, -0.2) is 18.1 Å². The average molecular weight is 385 g/mol. The summed E-state index contributed by atoms with van der Waals surface area (Å²) < 4.78 is 5.59. The molecule has 3 rings (SSSR count). The second kappa shape index (κ2) is 8.08. The molecule has 7 heteroatoms. The average Bonchev–Trinajstić information content (AvgIpc) is 2.95. The van der Waals surface area contributed by atoms with Gasteiger partial charge < -0.3 is 15.1 Å². The Morgan fingerprint density at radius 2 is 1.83 bits per heavy atom. The van der Waals surface area contributed by atoms with E-state index in [1.165, 1.54) is 0 Å². The third-order valence-electron chi connectivity index (χ3n) is 3.47. The molecule has 0 spiro atoms. The number of oxazole rings is 1. The zero-order valence-electron chi connectivity index (χ0n) is 12.8. The molecule has 0 aliphatic rings. The van der Waals surface area contributed by atoms with E-state index in [9.17, 15) is 0 Å². The van der Waals surface area contributed by atoms with E-state index in [0.717, 1.165) is 42.7 Å². The molecule has 0 radical (unpaired) electrons. The van der Waals surface area contributed by atoms with Crippen LogP contribution in [0.15, 0.2) is 40.8 Å². The minimum atomic E-state index is 0.511. The van der Waals surface area contributed by atoms with Gasteiger partial charge in [-0.2, -0.15) is 4.98 Å². The van der Waals surface area contributed by atoms with Crippen LogP contribution < -0.4 is 10.6 Å². The minimum absolute atomic E-state index is 0.511. The molecule has 2 N–H and O–H groups in total. The molecule has 0 fully saturated rings. The molecular weight excluding hydrogens is 369 g/mol. The predicted molar refractivity (Wildman–Crippen MR) is 100 cm³/mol. The second-order valence-electron chi connectivity index (χ2n) is 5.34. The van der Waals surface area contributed by atoms with Crippen molar-refractivity contribution in [2.45, 2.75) is 13.0 Å². The highest BCUT2D eigenvalue weighted by atomic mass is 35.5. The summed E-state index contributed by atoms with van der Waals surface area (Å²) in [6.45, 7) is 2.37. The second-order valence-corrected chi connectivity index (χ2v) is 6.59. The molecule has 0 aliphatic heterocycles. The maximum absolute atomic E-state index is 5.99. The molecule has 0 aliphatic carbocycles. The number of rotatable bonds is 7. The van der Waals surface area contributed by atoms with Crippen LogP contribution >= 0.6 is 34.8 Å². The summed E-state index contributed by atoms with van der Waals surface area (Å²) in [5.41, 5.74) is 2.58. The summed E-state index contributed by atoms with van der Waals surface area (Å²) in [5.74, 6) is 0. The SMILES string of the molecule is Clc1ccc2oc(NCCCNCc3ccc(Cl)c(Cl)c3)nc2c1. The molecule has 4 nitrogen and oxygen atoms in total. The highest BCUT2D eigenvalue weighted by Gasteiger charge is 2.05. The molecular formula is C17H16Cl3N3O.